The van der Waals surface area contributed by atoms with Crippen molar-refractivity contribution in [3.63, 3.8) is 0 Å². The van der Waals surface area contributed by atoms with Gasteiger partial charge in [0.1, 0.15) is 46.0 Å². The monoisotopic (exact) mass is 1000 g/mol. The van der Waals surface area contributed by atoms with Gasteiger partial charge in [-0.15, -0.1) is 0 Å². The molecular weight excluding hydrogens is 952 g/mol. The fourth-order valence-electron chi connectivity index (χ4n) is 5.83. The van der Waals surface area contributed by atoms with Crippen molar-refractivity contribution in [2.45, 2.75) is 0 Å². The summed E-state index contributed by atoms with van der Waals surface area (Å²) in [5.74, 6) is 4.31. The first-order chi connectivity index (χ1) is 34.1. The van der Waals surface area contributed by atoms with Crippen LogP contribution >= 0.6 is 34.4 Å². The summed E-state index contributed by atoms with van der Waals surface area (Å²) in [5, 5.41) is 0. The van der Waals surface area contributed by atoms with Crippen molar-refractivity contribution in [1.29, 1.82) is 0 Å². The Morgan fingerprint density at radius 3 is 0.464 bits per heavy atom. The van der Waals surface area contributed by atoms with Gasteiger partial charge in [0.25, 0.3) is 0 Å². The number of rotatable bonds is 28. The molecule has 0 heterocycles. The second-order valence-electron chi connectivity index (χ2n) is 14.7. The van der Waals surface area contributed by atoms with Crippen molar-refractivity contribution < 1.29 is 54.3 Å². The molecule has 8 aromatic rings. The Hall–Kier alpha value is -6.28. The van der Waals surface area contributed by atoms with E-state index in [4.69, 9.17) is 54.3 Å². The van der Waals surface area contributed by atoms with Crippen molar-refractivity contribution in [1.82, 2.24) is 0 Å². The van der Waals surface area contributed by atoms with E-state index in [1.807, 2.05) is 243 Å². The highest BCUT2D eigenvalue weighted by molar-refractivity contribution is 7.43. The quantitative estimate of drug-likeness (QED) is 0.0436. The summed E-state index contributed by atoms with van der Waals surface area (Å²) in [5.41, 5.74) is -1.28. The molecule has 0 radical (unpaired) electrons. The van der Waals surface area contributed by atoms with Crippen LogP contribution in [0.1, 0.15) is 0 Å². The number of hydrogen-bond donors (Lipinski definition) is 0. The Kier molecular flexibility index (Phi) is 19.3. The van der Waals surface area contributed by atoms with Gasteiger partial charge in [0.2, 0.25) is 0 Å². The van der Waals surface area contributed by atoms with E-state index in [1.165, 1.54) is 0 Å². The van der Waals surface area contributed by atoms with Gasteiger partial charge in [0, 0.05) is 0 Å². The summed E-state index contributed by atoms with van der Waals surface area (Å²) >= 11 is 0. The zero-order valence-electron chi connectivity index (χ0n) is 37.1. The minimum absolute atomic E-state index is 0.141. The lowest BCUT2D eigenvalue weighted by molar-refractivity contribution is -0.0106. The van der Waals surface area contributed by atoms with Gasteiger partial charge in [-0.3, -0.25) is 18.1 Å². The fraction of sp³-hybridized carbons (Fsp3) is 0.0943. The predicted octanol–water partition coefficient (Wildman–Crippen LogP) is 15.6. The van der Waals surface area contributed by atoms with Gasteiger partial charge in [-0.2, -0.15) is 0 Å². The summed E-state index contributed by atoms with van der Waals surface area (Å²) in [6, 6.07) is 74.4. The molecule has 0 atom stereocenters. The van der Waals surface area contributed by atoms with Crippen LogP contribution in [0, 0.1) is 5.41 Å². The van der Waals surface area contributed by atoms with Crippen LogP contribution in [0.4, 0.5) is 0 Å². The van der Waals surface area contributed by atoms with Crippen molar-refractivity contribution in [3.05, 3.63) is 243 Å². The molecule has 0 N–H and O–H groups in total. The van der Waals surface area contributed by atoms with Crippen LogP contribution in [0.5, 0.6) is 46.0 Å². The lowest BCUT2D eigenvalue weighted by Crippen LogP contribution is -2.41. The van der Waals surface area contributed by atoms with Crippen LogP contribution in [-0.4, -0.2) is 26.4 Å². The molecule has 8 aromatic carbocycles. The molecule has 0 unspecified atom stereocenters. The first-order valence-electron chi connectivity index (χ1n) is 21.7. The van der Waals surface area contributed by atoms with Gasteiger partial charge in [0.15, 0.2) is 0 Å². The summed E-state index contributed by atoms with van der Waals surface area (Å²) < 4.78 is 78.5. The minimum atomic E-state index is -2.13. The average molecular weight is 1000 g/mol. The molecule has 69 heavy (non-hydrogen) atoms. The molecule has 16 heteroatoms. The maximum absolute atomic E-state index is 6.78. The molecule has 12 nitrogen and oxygen atoms in total. The predicted molar refractivity (Wildman–Crippen MR) is 270 cm³/mol. The second-order valence-corrected chi connectivity index (χ2v) is 19.0. The molecule has 0 aliphatic rings. The Morgan fingerprint density at radius 1 is 0.203 bits per heavy atom. The van der Waals surface area contributed by atoms with Crippen molar-refractivity contribution in [2.75, 3.05) is 26.4 Å². The normalized spacial score (nSPS) is 11.3. The van der Waals surface area contributed by atoms with Gasteiger partial charge < -0.3 is 36.2 Å². The minimum Gasteiger partial charge on any atom is -0.418 e. The summed E-state index contributed by atoms with van der Waals surface area (Å²) in [6.45, 7) is -0.564. The Bertz CT molecular complexity index is 2070. The first-order valence-corrected chi connectivity index (χ1v) is 26.1. The van der Waals surface area contributed by atoms with Crippen LogP contribution in [0.15, 0.2) is 243 Å². The topological polar surface area (TPSA) is 111 Å². The van der Waals surface area contributed by atoms with Crippen molar-refractivity contribution in [2.24, 2.45) is 5.41 Å². The van der Waals surface area contributed by atoms with Crippen LogP contribution in [-0.2, 0) is 18.1 Å². The average Bonchev–Trinajstić information content (AvgIpc) is 3.40. The smallest absolute Gasteiger partial charge is 0.418 e. The number of benzene rings is 8. The van der Waals surface area contributed by atoms with E-state index in [0.29, 0.717) is 46.0 Å². The van der Waals surface area contributed by atoms with E-state index in [9.17, 15) is 0 Å². The summed E-state index contributed by atoms with van der Waals surface area (Å²) in [4.78, 5) is 0. The van der Waals surface area contributed by atoms with Crippen LogP contribution < -0.4 is 36.2 Å². The molecule has 0 aliphatic carbocycles. The Balaban J connectivity index is 1.17. The Morgan fingerprint density at radius 2 is 0.333 bits per heavy atom. The van der Waals surface area contributed by atoms with E-state index >= 15 is 0 Å². The summed E-state index contributed by atoms with van der Waals surface area (Å²) in [6.07, 6.45) is 0. The number of hydrogen-bond acceptors (Lipinski definition) is 12. The van der Waals surface area contributed by atoms with Gasteiger partial charge in [-0.05, 0) is 97.1 Å². The van der Waals surface area contributed by atoms with Gasteiger partial charge in [-0.25, -0.2) is 0 Å². The molecule has 8 rings (SSSR count). The highest BCUT2D eigenvalue weighted by Gasteiger charge is 2.41. The third kappa shape index (κ3) is 17.0. The van der Waals surface area contributed by atoms with E-state index < -0.39 is 39.8 Å². The second kappa shape index (κ2) is 27.0. The largest absolute Gasteiger partial charge is 0.463 e. The lowest BCUT2D eigenvalue weighted by Gasteiger charge is -2.35. The molecule has 0 saturated carbocycles. The molecule has 0 bridgehead atoms. The highest BCUT2D eigenvalue weighted by atomic mass is 31.2. The Labute approximate surface area is 407 Å². The zero-order valence-corrected chi connectivity index (χ0v) is 40.7. The molecular formula is C53H48O12P4. The van der Waals surface area contributed by atoms with Crippen molar-refractivity contribution in [3.8, 4) is 46.0 Å². The standard InChI is InChI=1S/C53H48O12P4/c1-9-25-45(26-10-1)58-66(59-46-27-11-2-12-28-46)54-41-53(42-55-67(60-47-29-13-3-14-30-47)61-48-31-15-4-16-32-48,43-56-68(62-49-33-17-5-18-34-49)63-50-35-19-6-20-36-50)44-57-69(64-51-37-21-7-22-38-51)65-52-39-23-8-24-40-52/h1-40H,41-44H2. The van der Waals surface area contributed by atoms with E-state index in [1.54, 1.807) is 0 Å². The van der Waals surface area contributed by atoms with Crippen LogP contribution in [0.3, 0.4) is 0 Å². The SMILES string of the molecule is c1ccc(OP(OCC(COP(Oc2ccccc2)Oc2ccccc2)(COP(Oc2ccccc2)Oc2ccccc2)COP(Oc2ccccc2)Oc2ccccc2)Oc2ccccc2)cc1. The lowest BCUT2D eigenvalue weighted by atomic mass is 9.93. The third-order valence-corrected chi connectivity index (χ3v) is 13.5. The van der Waals surface area contributed by atoms with E-state index in [2.05, 4.69) is 0 Å². The fourth-order valence-corrected chi connectivity index (χ4v) is 10.3. The van der Waals surface area contributed by atoms with E-state index in [-0.39, 0.29) is 26.4 Å². The first kappa shape index (κ1) is 49.2. The number of para-hydroxylation sites is 8. The molecule has 0 spiro atoms. The van der Waals surface area contributed by atoms with Crippen LogP contribution in [0.2, 0.25) is 0 Å². The van der Waals surface area contributed by atoms with Gasteiger partial charge >= 0.3 is 34.4 Å². The van der Waals surface area contributed by atoms with Crippen LogP contribution in [0.25, 0.3) is 0 Å². The maximum Gasteiger partial charge on any atom is 0.463 e. The molecule has 0 saturated heterocycles. The van der Waals surface area contributed by atoms with Gasteiger partial charge in [-0.1, -0.05) is 146 Å². The zero-order chi connectivity index (χ0) is 47.0. The summed E-state index contributed by atoms with van der Waals surface area (Å²) in [7, 11) is -8.53. The van der Waals surface area contributed by atoms with E-state index in [0.717, 1.165) is 0 Å². The maximum atomic E-state index is 6.78. The third-order valence-electron chi connectivity index (χ3n) is 9.29. The molecule has 0 aliphatic heterocycles. The molecule has 0 fully saturated rings. The highest BCUT2D eigenvalue weighted by Crippen LogP contribution is 2.50. The van der Waals surface area contributed by atoms with Crippen molar-refractivity contribution >= 4 is 34.4 Å². The molecule has 0 amide bonds. The molecule has 0 aromatic heterocycles. The van der Waals surface area contributed by atoms with Gasteiger partial charge in [0.05, 0.1) is 31.8 Å². The molecule has 352 valence electrons.